The Morgan fingerprint density at radius 2 is 1.74 bits per heavy atom. The maximum Gasteiger partial charge on any atom is 0.349 e. The summed E-state index contributed by atoms with van der Waals surface area (Å²) in [5.41, 5.74) is 3.96. The minimum atomic E-state index is -0.496. The predicted octanol–water partition coefficient (Wildman–Crippen LogP) is 5.01. The largest absolute Gasteiger partial charge is 0.458 e. The van der Waals surface area contributed by atoms with Crippen molar-refractivity contribution in [1.29, 1.82) is 5.26 Å². The van der Waals surface area contributed by atoms with Gasteiger partial charge in [0.05, 0.1) is 0 Å². The number of esters is 1. The molecule has 1 heterocycles. The van der Waals surface area contributed by atoms with Gasteiger partial charge in [-0.05, 0) is 57.2 Å². The van der Waals surface area contributed by atoms with E-state index >= 15 is 0 Å². The second kappa shape index (κ2) is 8.73. The molecule has 0 saturated heterocycles. The fourth-order valence-electron chi connectivity index (χ4n) is 3.71. The molecule has 4 nitrogen and oxygen atoms in total. The van der Waals surface area contributed by atoms with Crippen LogP contribution in [-0.2, 0) is 16.1 Å². The lowest BCUT2D eigenvalue weighted by Crippen LogP contribution is -2.24. The topological polar surface area (TPSA) is 53.3 Å². The monoisotopic (exact) mass is 362 g/mol. The van der Waals surface area contributed by atoms with Gasteiger partial charge in [0.15, 0.2) is 0 Å². The summed E-state index contributed by atoms with van der Waals surface area (Å²) >= 11 is 0. The molecule has 0 bridgehead atoms. The van der Waals surface area contributed by atoms with Gasteiger partial charge in [-0.1, -0.05) is 36.8 Å². The van der Waals surface area contributed by atoms with Crippen LogP contribution in [0.5, 0.6) is 0 Å². The molecule has 1 aromatic carbocycles. The normalized spacial score (nSPS) is 17.7. The first-order valence-corrected chi connectivity index (χ1v) is 9.62. The van der Waals surface area contributed by atoms with Crippen LogP contribution in [0.1, 0.15) is 51.5 Å². The fourth-order valence-corrected chi connectivity index (χ4v) is 3.71. The number of nitrogens with zero attached hydrogens (tertiary/aromatic N) is 2. The second-order valence-electron chi connectivity index (χ2n) is 7.25. The molecule has 0 amide bonds. The maximum absolute atomic E-state index is 12.6. The van der Waals surface area contributed by atoms with Gasteiger partial charge in [0.1, 0.15) is 17.7 Å². The Kier molecular flexibility index (Phi) is 6.13. The molecule has 1 saturated carbocycles. The average molecular weight is 362 g/mol. The summed E-state index contributed by atoms with van der Waals surface area (Å²) < 4.78 is 5.60. The molecule has 1 fully saturated rings. The molecule has 1 aromatic rings. The van der Waals surface area contributed by atoms with Crippen LogP contribution in [0.15, 0.2) is 65.0 Å². The van der Waals surface area contributed by atoms with Gasteiger partial charge in [0.2, 0.25) is 0 Å². The molecule has 0 unspecified atom stereocenters. The number of carbonyl (C=O) groups is 1. The summed E-state index contributed by atoms with van der Waals surface area (Å²) in [6, 6.07) is 12.3. The first-order valence-electron chi connectivity index (χ1n) is 9.62. The molecule has 2 aliphatic rings. The highest BCUT2D eigenvalue weighted by molar-refractivity contribution is 5.95. The molecule has 27 heavy (non-hydrogen) atoms. The Labute approximate surface area is 161 Å². The highest BCUT2D eigenvalue weighted by Gasteiger charge is 2.24. The van der Waals surface area contributed by atoms with Gasteiger partial charge in [0, 0.05) is 23.5 Å². The van der Waals surface area contributed by atoms with Crippen LogP contribution in [0.2, 0.25) is 0 Å². The van der Waals surface area contributed by atoms with Gasteiger partial charge in [-0.3, -0.25) is 0 Å². The van der Waals surface area contributed by atoms with Crippen LogP contribution < -0.4 is 0 Å². The molecule has 0 radical (unpaired) electrons. The summed E-state index contributed by atoms with van der Waals surface area (Å²) in [6.07, 6.45) is 8.91. The number of allylic oxidation sites excluding steroid dienone is 5. The van der Waals surface area contributed by atoms with E-state index in [2.05, 4.69) is 23.1 Å². The van der Waals surface area contributed by atoms with Gasteiger partial charge < -0.3 is 9.64 Å². The summed E-state index contributed by atoms with van der Waals surface area (Å²) in [7, 11) is 0. The third-order valence-electron chi connectivity index (χ3n) is 5.19. The van der Waals surface area contributed by atoms with Crippen molar-refractivity contribution in [3.8, 4) is 6.07 Å². The van der Waals surface area contributed by atoms with Crippen molar-refractivity contribution in [2.75, 3.05) is 0 Å². The van der Waals surface area contributed by atoms with E-state index in [9.17, 15) is 10.1 Å². The van der Waals surface area contributed by atoms with Crippen LogP contribution >= 0.6 is 0 Å². The van der Waals surface area contributed by atoms with E-state index in [1.165, 1.54) is 12.0 Å². The van der Waals surface area contributed by atoms with E-state index in [-0.39, 0.29) is 11.7 Å². The number of nitriles is 1. The van der Waals surface area contributed by atoms with Crippen molar-refractivity contribution in [1.82, 2.24) is 4.90 Å². The SMILES string of the molecule is CC1=CC(=C(C#N)C(=O)OC2CCCCC2)C=C(C)N1Cc1ccccc1. The minimum absolute atomic E-state index is 0.0523. The lowest BCUT2D eigenvalue weighted by atomic mass is 9.97. The number of carbonyl (C=O) groups excluding carboxylic acids is 1. The zero-order chi connectivity index (χ0) is 19.2. The fraction of sp³-hybridized carbons (Fsp3) is 0.391. The minimum Gasteiger partial charge on any atom is -0.458 e. The molecule has 4 heteroatoms. The molecule has 0 aromatic heterocycles. The quantitative estimate of drug-likeness (QED) is 0.429. The zero-order valence-corrected chi connectivity index (χ0v) is 16.1. The number of hydrogen-bond acceptors (Lipinski definition) is 4. The third-order valence-corrected chi connectivity index (χ3v) is 5.19. The molecule has 0 atom stereocenters. The van der Waals surface area contributed by atoms with Crippen molar-refractivity contribution in [3.63, 3.8) is 0 Å². The van der Waals surface area contributed by atoms with E-state index < -0.39 is 5.97 Å². The molecule has 3 rings (SSSR count). The summed E-state index contributed by atoms with van der Waals surface area (Å²) in [4.78, 5) is 14.7. The Morgan fingerprint density at radius 1 is 1.11 bits per heavy atom. The summed E-state index contributed by atoms with van der Waals surface area (Å²) in [5, 5.41) is 9.57. The van der Waals surface area contributed by atoms with Crippen LogP contribution in [0, 0.1) is 11.3 Å². The highest BCUT2D eigenvalue weighted by Crippen LogP contribution is 2.28. The van der Waals surface area contributed by atoms with E-state index in [0.717, 1.165) is 43.6 Å². The Hall–Kier alpha value is -2.80. The first kappa shape index (κ1) is 19.0. The number of ether oxygens (including phenoxy) is 1. The predicted molar refractivity (Wildman–Crippen MR) is 105 cm³/mol. The van der Waals surface area contributed by atoms with Crippen molar-refractivity contribution in [2.24, 2.45) is 0 Å². The zero-order valence-electron chi connectivity index (χ0n) is 16.1. The van der Waals surface area contributed by atoms with Gasteiger partial charge in [-0.25, -0.2) is 4.79 Å². The van der Waals surface area contributed by atoms with Crippen molar-refractivity contribution >= 4 is 5.97 Å². The van der Waals surface area contributed by atoms with Gasteiger partial charge >= 0.3 is 5.97 Å². The second-order valence-corrected chi connectivity index (χ2v) is 7.25. The number of benzene rings is 1. The van der Waals surface area contributed by atoms with Crippen molar-refractivity contribution in [3.05, 3.63) is 70.6 Å². The van der Waals surface area contributed by atoms with Crippen molar-refractivity contribution in [2.45, 2.75) is 58.6 Å². The molecular weight excluding hydrogens is 336 g/mol. The molecule has 0 N–H and O–H groups in total. The number of hydrogen-bond donors (Lipinski definition) is 0. The molecular formula is C23H26N2O2. The van der Waals surface area contributed by atoms with Crippen LogP contribution in [-0.4, -0.2) is 17.0 Å². The van der Waals surface area contributed by atoms with E-state index in [1.807, 2.05) is 44.2 Å². The molecule has 0 spiro atoms. The Balaban J connectivity index is 1.78. The van der Waals surface area contributed by atoms with E-state index in [1.54, 1.807) is 0 Å². The van der Waals surface area contributed by atoms with Crippen LogP contribution in [0.3, 0.4) is 0 Å². The lowest BCUT2D eigenvalue weighted by molar-refractivity contribution is -0.145. The Bertz CT molecular complexity index is 800. The Morgan fingerprint density at radius 3 is 2.33 bits per heavy atom. The standard InChI is InChI=1S/C23H26N2O2/c1-17-13-20(14-18(2)25(17)16-19-9-5-3-6-10-19)22(15-24)23(26)27-21-11-7-4-8-12-21/h3,5-6,9-10,13-14,21H,4,7-8,11-12,16H2,1-2H3. The van der Waals surface area contributed by atoms with Gasteiger partial charge in [-0.2, -0.15) is 5.26 Å². The van der Waals surface area contributed by atoms with Gasteiger partial charge in [0.25, 0.3) is 0 Å². The van der Waals surface area contributed by atoms with Gasteiger partial charge in [-0.15, -0.1) is 0 Å². The average Bonchev–Trinajstić information content (AvgIpc) is 2.67. The highest BCUT2D eigenvalue weighted by atomic mass is 16.5. The maximum atomic E-state index is 12.6. The smallest absolute Gasteiger partial charge is 0.349 e. The molecule has 1 aliphatic heterocycles. The van der Waals surface area contributed by atoms with Crippen LogP contribution in [0.4, 0.5) is 0 Å². The van der Waals surface area contributed by atoms with Crippen LogP contribution in [0.25, 0.3) is 0 Å². The lowest BCUT2D eigenvalue weighted by Gasteiger charge is -2.30. The summed E-state index contributed by atoms with van der Waals surface area (Å²) in [6.45, 7) is 4.76. The molecule has 1 aliphatic carbocycles. The van der Waals surface area contributed by atoms with E-state index in [4.69, 9.17) is 4.74 Å². The number of rotatable bonds is 4. The molecule has 140 valence electrons. The third kappa shape index (κ3) is 4.68. The summed E-state index contributed by atoms with van der Waals surface area (Å²) in [5.74, 6) is -0.496. The first-order chi connectivity index (χ1) is 13.1. The van der Waals surface area contributed by atoms with Crippen molar-refractivity contribution < 1.29 is 9.53 Å². The van der Waals surface area contributed by atoms with E-state index in [0.29, 0.717) is 5.57 Å².